The van der Waals surface area contributed by atoms with Crippen LogP contribution in [0.25, 0.3) is 6.08 Å². The summed E-state index contributed by atoms with van der Waals surface area (Å²) < 4.78 is 18.2. The topological polar surface area (TPSA) is 115 Å². The smallest absolute Gasteiger partial charge is 0.271 e. The Hall–Kier alpha value is -4.85. The van der Waals surface area contributed by atoms with Crippen LogP contribution in [0.15, 0.2) is 87.8 Å². The highest BCUT2D eigenvalue weighted by Gasteiger charge is 2.32. The summed E-state index contributed by atoms with van der Waals surface area (Å²) in [5.74, 6) is 0.783. The first-order valence-electron chi connectivity index (χ1n) is 12.7. The number of carbonyl (C=O) groups excluding carboxylic acids is 1. The molecule has 1 atom stereocenters. The molecule has 11 heteroatoms. The molecule has 212 valence electrons. The fourth-order valence-corrected chi connectivity index (χ4v) is 6.00. The van der Waals surface area contributed by atoms with E-state index >= 15 is 0 Å². The second-order valence-electron chi connectivity index (χ2n) is 9.16. The van der Waals surface area contributed by atoms with Gasteiger partial charge in [0.1, 0.15) is 11.8 Å². The van der Waals surface area contributed by atoms with E-state index in [9.17, 15) is 9.59 Å². The van der Waals surface area contributed by atoms with E-state index in [4.69, 9.17) is 31.1 Å². The molecule has 1 aliphatic rings. The molecule has 42 heavy (non-hydrogen) atoms. The van der Waals surface area contributed by atoms with Gasteiger partial charge in [-0.05, 0) is 60.5 Å². The first kappa shape index (κ1) is 28.7. The highest BCUT2D eigenvalue weighted by Crippen LogP contribution is 2.37. The zero-order valence-electron chi connectivity index (χ0n) is 22.9. The van der Waals surface area contributed by atoms with Gasteiger partial charge in [-0.1, -0.05) is 53.3 Å². The number of nitriles is 1. The van der Waals surface area contributed by atoms with Crippen LogP contribution < -0.4 is 34.4 Å². The number of carbonyl (C=O) groups is 1. The Morgan fingerprint density at radius 3 is 2.64 bits per heavy atom. The molecule has 1 amide bonds. The Labute approximate surface area is 250 Å². The Balaban J connectivity index is 1.66. The maximum Gasteiger partial charge on any atom is 0.271 e. The molecular weight excluding hydrogens is 576 g/mol. The molecule has 1 aliphatic heterocycles. The lowest BCUT2D eigenvalue weighted by atomic mass is 9.95. The van der Waals surface area contributed by atoms with Crippen LogP contribution in [0, 0.1) is 11.3 Å². The molecule has 5 rings (SSSR count). The fraction of sp³-hybridized carbons (Fsp3) is 0.161. The van der Waals surface area contributed by atoms with Crippen molar-refractivity contribution in [2.24, 2.45) is 4.99 Å². The van der Waals surface area contributed by atoms with Crippen molar-refractivity contribution in [2.75, 3.05) is 26.1 Å². The number of aromatic nitrogens is 1. The molecule has 3 aromatic carbocycles. The number of benzene rings is 3. The number of anilines is 1. The van der Waals surface area contributed by atoms with Gasteiger partial charge < -0.3 is 19.5 Å². The van der Waals surface area contributed by atoms with E-state index in [1.807, 2.05) is 36.4 Å². The number of nitrogens with one attached hydrogen (secondary N) is 1. The molecule has 0 saturated carbocycles. The summed E-state index contributed by atoms with van der Waals surface area (Å²) in [6.45, 7) is 1.56. The normalized spacial score (nSPS) is 14.5. The molecule has 0 spiro atoms. The summed E-state index contributed by atoms with van der Waals surface area (Å²) in [6.07, 6.45) is 1.68. The lowest BCUT2D eigenvalue weighted by Gasteiger charge is -2.25. The maximum atomic E-state index is 14.0. The summed E-state index contributed by atoms with van der Waals surface area (Å²) in [6, 6.07) is 20.8. The van der Waals surface area contributed by atoms with Gasteiger partial charge in [-0.2, -0.15) is 5.26 Å². The Morgan fingerprint density at radius 2 is 1.93 bits per heavy atom. The predicted molar refractivity (Wildman–Crippen MR) is 161 cm³/mol. The van der Waals surface area contributed by atoms with Crippen molar-refractivity contribution in [1.82, 2.24) is 4.57 Å². The van der Waals surface area contributed by atoms with Crippen LogP contribution in [-0.4, -0.2) is 31.3 Å². The van der Waals surface area contributed by atoms with Crippen molar-refractivity contribution < 1.29 is 19.0 Å². The van der Waals surface area contributed by atoms with Gasteiger partial charge >= 0.3 is 0 Å². The van der Waals surface area contributed by atoms with Gasteiger partial charge in [-0.3, -0.25) is 14.2 Å². The van der Waals surface area contributed by atoms with E-state index in [-0.39, 0.29) is 28.8 Å². The van der Waals surface area contributed by atoms with Crippen LogP contribution in [0.5, 0.6) is 17.2 Å². The summed E-state index contributed by atoms with van der Waals surface area (Å²) in [5.41, 5.74) is 2.41. The minimum Gasteiger partial charge on any atom is -0.497 e. The zero-order chi connectivity index (χ0) is 29.8. The zero-order valence-corrected chi connectivity index (χ0v) is 24.5. The molecule has 1 aromatic heterocycles. The third-order valence-electron chi connectivity index (χ3n) is 6.54. The van der Waals surface area contributed by atoms with Gasteiger partial charge in [0, 0.05) is 5.69 Å². The number of fused-ring (bicyclic) bond motifs is 1. The minimum atomic E-state index is -0.762. The standard InChI is InChI=1S/C31H25ClN4O5S/c1-18-26(29(37)35-21-9-5-4-6-10-21)27(20-8-7-11-22(17-20)39-2)36-30(38)25(42-31(36)34-18)16-19-14-23(32)28(41-13-12-33)24(15-19)40-3/h4-11,14-17,27H,13H2,1-3H3,(H,35,37)/b25-16-/t27-/m1/s1. The average Bonchev–Trinajstić information content (AvgIpc) is 3.29. The Bertz CT molecular complexity index is 1930. The van der Waals surface area contributed by atoms with Crippen molar-refractivity contribution in [2.45, 2.75) is 13.0 Å². The van der Waals surface area contributed by atoms with E-state index in [0.29, 0.717) is 48.9 Å². The largest absolute Gasteiger partial charge is 0.497 e. The number of hydrogen-bond donors (Lipinski definition) is 1. The van der Waals surface area contributed by atoms with Crippen LogP contribution >= 0.6 is 22.9 Å². The van der Waals surface area contributed by atoms with E-state index < -0.39 is 6.04 Å². The molecule has 0 aliphatic carbocycles. The highest BCUT2D eigenvalue weighted by atomic mass is 35.5. The minimum absolute atomic E-state index is 0.197. The summed E-state index contributed by atoms with van der Waals surface area (Å²) >= 11 is 7.63. The second kappa shape index (κ2) is 12.3. The number of para-hydroxylation sites is 1. The van der Waals surface area contributed by atoms with Crippen LogP contribution in [0.1, 0.15) is 24.1 Å². The monoisotopic (exact) mass is 600 g/mol. The molecule has 0 bridgehead atoms. The molecule has 0 fully saturated rings. The van der Waals surface area contributed by atoms with E-state index in [1.54, 1.807) is 56.5 Å². The van der Waals surface area contributed by atoms with Crippen LogP contribution in [-0.2, 0) is 4.79 Å². The molecule has 9 nitrogen and oxygen atoms in total. The number of hydrogen-bond acceptors (Lipinski definition) is 8. The number of allylic oxidation sites excluding steroid dienone is 1. The fourth-order valence-electron chi connectivity index (χ4n) is 4.68. The van der Waals surface area contributed by atoms with Crippen LogP contribution in [0.3, 0.4) is 0 Å². The lowest BCUT2D eigenvalue weighted by Crippen LogP contribution is -2.40. The lowest BCUT2D eigenvalue weighted by molar-refractivity contribution is -0.113. The molecule has 2 heterocycles. The second-order valence-corrected chi connectivity index (χ2v) is 10.6. The molecule has 0 saturated heterocycles. The average molecular weight is 601 g/mol. The van der Waals surface area contributed by atoms with Gasteiger partial charge in [0.2, 0.25) is 0 Å². The van der Waals surface area contributed by atoms with Crippen molar-refractivity contribution in [1.29, 1.82) is 5.26 Å². The SMILES string of the molecule is COc1cccc([C@@H]2C(C(=O)Nc3ccccc3)=C(C)N=c3s/c(=C\c4cc(Cl)c(OCC#N)c(OC)c4)c(=O)n32)c1. The van der Waals surface area contributed by atoms with Gasteiger partial charge in [-0.15, -0.1) is 0 Å². The highest BCUT2D eigenvalue weighted by molar-refractivity contribution is 7.07. The Kier molecular flexibility index (Phi) is 8.43. The number of methoxy groups -OCH3 is 2. The summed E-state index contributed by atoms with van der Waals surface area (Å²) in [5, 5.41) is 12.0. The van der Waals surface area contributed by atoms with Crippen LogP contribution in [0.2, 0.25) is 5.02 Å². The van der Waals surface area contributed by atoms with Gasteiger partial charge in [0.15, 0.2) is 22.9 Å². The summed E-state index contributed by atoms with van der Waals surface area (Å²) in [4.78, 5) is 32.8. The number of rotatable bonds is 8. The molecule has 1 N–H and O–H groups in total. The van der Waals surface area contributed by atoms with Crippen LogP contribution in [0.4, 0.5) is 5.69 Å². The van der Waals surface area contributed by atoms with Gasteiger partial charge in [0.25, 0.3) is 11.5 Å². The van der Waals surface area contributed by atoms with E-state index in [2.05, 4.69) is 10.3 Å². The number of amides is 1. The molecule has 4 aromatic rings. The van der Waals surface area contributed by atoms with Crippen molar-refractivity contribution in [3.8, 4) is 23.3 Å². The first-order chi connectivity index (χ1) is 20.3. The predicted octanol–water partition coefficient (Wildman–Crippen LogP) is 4.45. The van der Waals surface area contributed by atoms with E-state index in [0.717, 1.165) is 0 Å². The quantitative estimate of drug-likeness (QED) is 0.320. The van der Waals surface area contributed by atoms with Crippen molar-refractivity contribution >= 4 is 40.6 Å². The third-order valence-corrected chi connectivity index (χ3v) is 7.80. The number of halogens is 1. The first-order valence-corrected chi connectivity index (χ1v) is 13.9. The van der Waals surface area contributed by atoms with Crippen molar-refractivity contribution in [3.05, 3.63) is 114 Å². The van der Waals surface area contributed by atoms with Crippen molar-refractivity contribution in [3.63, 3.8) is 0 Å². The molecular formula is C31H25ClN4O5S. The van der Waals surface area contributed by atoms with Gasteiger partial charge in [-0.25, -0.2) is 4.99 Å². The number of nitrogens with zero attached hydrogens (tertiary/aromatic N) is 3. The van der Waals surface area contributed by atoms with Gasteiger partial charge in [0.05, 0.1) is 41.1 Å². The summed E-state index contributed by atoms with van der Waals surface area (Å²) in [7, 11) is 3.02. The number of thiazole rings is 1. The van der Waals surface area contributed by atoms with E-state index in [1.165, 1.54) is 23.0 Å². The third kappa shape index (κ3) is 5.65. The number of ether oxygens (including phenoxy) is 3. The Morgan fingerprint density at radius 1 is 1.14 bits per heavy atom. The maximum absolute atomic E-state index is 14.0. The molecule has 0 unspecified atom stereocenters. The molecule has 0 radical (unpaired) electrons.